The van der Waals surface area contributed by atoms with Crippen molar-refractivity contribution in [2.75, 3.05) is 26.4 Å². The van der Waals surface area contributed by atoms with E-state index in [1.807, 2.05) is 6.92 Å². The van der Waals surface area contributed by atoms with Crippen LogP contribution in [0.3, 0.4) is 0 Å². The van der Waals surface area contributed by atoms with E-state index in [0.717, 1.165) is 0 Å². The molecule has 0 aliphatic carbocycles. The summed E-state index contributed by atoms with van der Waals surface area (Å²) in [6.45, 7) is 3.46. The van der Waals surface area contributed by atoms with E-state index in [9.17, 15) is 20.0 Å². The van der Waals surface area contributed by atoms with Gasteiger partial charge in [-0.15, -0.1) is 0 Å². The topological polar surface area (TPSA) is 137 Å². The first-order valence-corrected chi connectivity index (χ1v) is 7.57. The summed E-state index contributed by atoms with van der Waals surface area (Å²) >= 11 is 0. The van der Waals surface area contributed by atoms with Gasteiger partial charge in [-0.2, -0.15) is 0 Å². The van der Waals surface area contributed by atoms with E-state index in [2.05, 4.69) is 5.32 Å². The molecule has 0 aliphatic heterocycles. The Kier molecular flexibility index (Phi) is 8.87. The van der Waals surface area contributed by atoms with Gasteiger partial charge in [-0.1, -0.05) is 12.1 Å². The second-order valence-electron chi connectivity index (χ2n) is 5.06. The summed E-state index contributed by atoms with van der Waals surface area (Å²) in [4.78, 5) is 21.4. The molecule has 1 aromatic carbocycles. The number of nitrogens with two attached hydrogens (primary N) is 1. The molecule has 24 heavy (non-hydrogen) atoms. The summed E-state index contributed by atoms with van der Waals surface area (Å²) in [5, 5.41) is 22.7. The van der Waals surface area contributed by atoms with Gasteiger partial charge in [0.15, 0.2) is 0 Å². The normalized spacial score (nSPS) is 13.4. The van der Waals surface area contributed by atoms with Crippen molar-refractivity contribution in [2.24, 2.45) is 5.73 Å². The minimum absolute atomic E-state index is 0.0435. The highest BCUT2D eigenvalue weighted by Gasteiger charge is 2.20. The minimum Gasteiger partial charge on any atom is -0.480 e. The Balaban J connectivity index is 2.48. The van der Waals surface area contributed by atoms with Gasteiger partial charge in [-0.05, 0) is 18.9 Å². The van der Waals surface area contributed by atoms with Crippen LogP contribution >= 0.6 is 0 Å². The van der Waals surface area contributed by atoms with Gasteiger partial charge in [0.05, 0.1) is 30.9 Å². The molecular weight excluding hydrogens is 318 g/mol. The Morgan fingerprint density at radius 2 is 1.96 bits per heavy atom. The number of nitro groups is 1. The maximum atomic E-state index is 11.3. The summed E-state index contributed by atoms with van der Waals surface area (Å²) in [5.41, 5.74) is 6.43. The second-order valence-corrected chi connectivity index (χ2v) is 5.06. The number of rotatable bonds is 12. The van der Waals surface area contributed by atoms with Crippen LogP contribution in [0.5, 0.6) is 0 Å². The molecule has 0 amide bonds. The largest absolute Gasteiger partial charge is 0.480 e. The summed E-state index contributed by atoms with van der Waals surface area (Å²) in [5.74, 6) is -1.06. The smallest absolute Gasteiger partial charge is 0.321 e. The number of carboxylic acids is 1. The average Bonchev–Trinajstić information content (AvgIpc) is 2.54. The quantitative estimate of drug-likeness (QED) is 0.216. The van der Waals surface area contributed by atoms with Gasteiger partial charge in [0.25, 0.3) is 5.69 Å². The van der Waals surface area contributed by atoms with Crippen molar-refractivity contribution in [3.63, 3.8) is 0 Å². The van der Waals surface area contributed by atoms with E-state index >= 15 is 0 Å². The molecule has 0 fully saturated rings. The van der Waals surface area contributed by atoms with E-state index in [0.29, 0.717) is 25.4 Å². The zero-order chi connectivity index (χ0) is 17.9. The van der Waals surface area contributed by atoms with Gasteiger partial charge in [-0.25, -0.2) is 0 Å². The van der Waals surface area contributed by atoms with E-state index in [1.165, 1.54) is 24.3 Å². The molecule has 134 valence electrons. The summed E-state index contributed by atoms with van der Waals surface area (Å²) in [6, 6.07) is 4.81. The molecule has 0 aliphatic rings. The lowest BCUT2D eigenvalue weighted by Gasteiger charge is -2.20. The SMILES string of the molecule is CCOCCOCC(N)N[C@@H](Cc1ccc([N+](=O)[O-])cc1)C(=O)O. The summed E-state index contributed by atoms with van der Waals surface area (Å²) in [7, 11) is 0. The number of nitrogens with zero attached hydrogens (tertiary/aromatic N) is 1. The number of ether oxygens (including phenoxy) is 2. The fourth-order valence-corrected chi connectivity index (χ4v) is 1.99. The van der Waals surface area contributed by atoms with Crippen LogP contribution in [0.2, 0.25) is 0 Å². The number of non-ortho nitro benzene ring substituents is 1. The fraction of sp³-hybridized carbons (Fsp3) is 0.533. The molecule has 2 atom stereocenters. The molecule has 0 saturated carbocycles. The third kappa shape index (κ3) is 7.47. The molecule has 0 aromatic heterocycles. The number of hydrogen-bond donors (Lipinski definition) is 3. The van der Waals surface area contributed by atoms with Crippen molar-refractivity contribution >= 4 is 11.7 Å². The van der Waals surface area contributed by atoms with Gasteiger partial charge in [0.1, 0.15) is 6.04 Å². The van der Waals surface area contributed by atoms with E-state index < -0.39 is 23.1 Å². The minimum atomic E-state index is -1.06. The monoisotopic (exact) mass is 341 g/mol. The number of nitrogens with one attached hydrogen (secondary N) is 1. The van der Waals surface area contributed by atoms with Crippen molar-refractivity contribution in [3.05, 3.63) is 39.9 Å². The lowest BCUT2D eigenvalue weighted by molar-refractivity contribution is -0.384. The molecule has 1 unspecified atom stereocenters. The molecule has 0 bridgehead atoms. The first kappa shape index (κ1) is 20.0. The van der Waals surface area contributed by atoms with Crippen LogP contribution in [0.4, 0.5) is 5.69 Å². The molecule has 9 nitrogen and oxygen atoms in total. The molecule has 0 spiro atoms. The van der Waals surface area contributed by atoms with E-state index in [4.69, 9.17) is 15.2 Å². The van der Waals surface area contributed by atoms with Gasteiger partial charge < -0.3 is 20.3 Å². The number of carbonyl (C=O) groups is 1. The van der Waals surface area contributed by atoms with Crippen LogP contribution in [0.15, 0.2) is 24.3 Å². The molecule has 4 N–H and O–H groups in total. The van der Waals surface area contributed by atoms with Crippen LogP contribution in [-0.2, 0) is 20.7 Å². The second kappa shape index (κ2) is 10.7. The molecule has 1 rings (SSSR count). The zero-order valence-electron chi connectivity index (χ0n) is 13.5. The predicted octanol–water partition coefficient (Wildman–Crippen LogP) is 0.518. The van der Waals surface area contributed by atoms with Crippen LogP contribution in [-0.4, -0.2) is 54.6 Å². The fourth-order valence-electron chi connectivity index (χ4n) is 1.99. The third-order valence-electron chi connectivity index (χ3n) is 3.17. The van der Waals surface area contributed by atoms with Crippen LogP contribution in [0, 0.1) is 10.1 Å². The van der Waals surface area contributed by atoms with Crippen LogP contribution in [0.25, 0.3) is 0 Å². The lowest BCUT2D eigenvalue weighted by Crippen LogP contribution is -2.51. The molecular formula is C15H23N3O6. The molecule has 9 heteroatoms. The maximum absolute atomic E-state index is 11.3. The van der Waals surface area contributed by atoms with E-state index in [-0.39, 0.29) is 18.7 Å². The van der Waals surface area contributed by atoms with Crippen molar-refractivity contribution in [1.82, 2.24) is 5.32 Å². The molecule has 0 heterocycles. The number of nitro benzene ring substituents is 1. The van der Waals surface area contributed by atoms with Gasteiger partial charge >= 0.3 is 5.97 Å². The maximum Gasteiger partial charge on any atom is 0.321 e. The van der Waals surface area contributed by atoms with E-state index in [1.54, 1.807) is 0 Å². The first-order chi connectivity index (χ1) is 11.4. The number of carboxylic acid groups (broad SMARTS) is 1. The Morgan fingerprint density at radius 3 is 2.50 bits per heavy atom. The van der Waals surface area contributed by atoms with Crippen molar-refractivity contribution in [1.29, 1.82) is 0 Å². The molecule has 0 radical (unpaired) electrons. The van der Waals surface area contributed by atoms with Crippen molar-refractivity contribution in [2.45, 2.75) is 25.6 Å². The third-order valence-corrected chi connectivity index (χ3v) is 3.17. The van der Waals surface area contributed by atoms with Crippen LogP contribution in [0.1, 0.15) is 12.5 Å². The zero-order valence-corrected chi connectivity index (χ0v) is 13.5. The Bertz CT molecular complexity index is 522. The Labute approximate surface area is 139 Å². The first-order valence-electron chi connectivity index (χ1n) is 7.57. The predicted molar refractivity (Wildman–Crippen MR) is 86.6 cm³/mol. The Morgan fingerprint density at radius 1 is 1.33 bits per heavy atom. The highest BCUT2D eigenvalue weighted by molar-refractivity contribution is 5.74. The highest BCUT2D eigenvalue weighted by atomic mass is 16.6. The lowest BCUT2D eigenvalue weighted by atomic mass is 10.1. The van der Waals surface area contributed by atoms with Gasteiger partial charge in [0, 0.05) is 18.7 Å². The number of benzene rings is 1. The molecule has 0 saturated heterocycles. The van der Waals surface area contributed by atoms with Gasteiger partial charge in [0.2, 0.25) is 0 Å². The number of aliphatic carboxylic acids is 1. The average molecular weight is 341 g/mol. The number of hydrogen-bond acceptors (Lipinski definition) is 7. The van der Waals surface area contributed by atoms with Crippen LogP contribution < -0.4 is 11.1 Å². The van der Waals surface area contributed by atoms with Crippen molar-refractivity contribution in [3.8, 4) is 0 Å². The molecule has 1 aromatic rings. The standard InChI is InChI=1S/C15H23N3O6/c1-2-23-7-8-24-10-14(16)17-13(15(19)20)9-11-3-5-12(6-4-11)18(21)22/h3-6,13-14,17H,2,7-10,16H2,1H3,(H,19,20)/t13-,14?/m0/s1. The van der Waals surface area contributed by atoms with Gasteiger partial charge in [-0.3, -0.25) is 20.2 Å². The summed E-state index contributed by atoms with van der Waals surface area (Å²) < 4.78 is 10.4. The Hall–Kier alpha value is -2.07. The highest BCUT2D eigenvalue weighted by Crippen LogP contribution is 2.13. The summed E-state index contributed by atoms with van der Waals surface area (Å²) in [6.07, 6.45) is -0.495. The van der Waals surface area contributed by atoms with Crippen molar-refractivity contribution < 1.29 is 24.3 Å².